The number of ether oxygens (including phenoxy) is 1. The lowest BCUT2D eigenvalue weighted by Crippen LogP contribution is -2.46. The summed E-state index contributed by atoms with van der Waals surface area (Å²) in [6, 6.07) is 0.175. The Hall–Kier alpha value is -1.36. The Labute approximate surface area is 101 Å². The third kappa shape index (κ3) is 2.85. The van der Waals surface area contributed by atoms with E-state index in [0.29, 0.717) is 12.3 Å². The van der Waals surface area contributed by atoms with Gasteiger partial charge in [0.2, 0.25) is 0 Å². The molecule has 5 nitrogen and oxygen atoms in total. The van der Waals surface area contributed by atoms with Crippen LogP contribution in [0.2, 0.25) is 0 Å². The number of H-pyrrole nitrogens is 1. The van der Waals surface area contributed by atoms with E-state index in [-0.39, 0.29) is 17.6 Å². The topological polar surface area (TPSA) is 67.0 Å². The lowest BCUT2D eigenvalue weighted by Gasteiger charge is -2.35. The normalized spacial score (nSPS) is 23.4. The molecular weight excluding hydrogens is 218 g/mol. The third-order valence-electron chi connectivity index (χ3n) is 3.09. The summed E-state index contributed by atoms with van der Waals surface area (Å²) in [7, 11) is 0. The van der Waals surface area contributed by atoms with Crippen molar-refractivity contribution in [2.75, 3.05) is 6.61 Å². The van der Waals surface area contributed by atoms with Gasteiger partial charge in [-0.3, -0.25) is 9.89 Å². The maximum Gasteiger partial charge on any atom is 0.269 e. The molecular formula is C12H19N3O2. The Morgan fingerprint density at radius 3 is 3.00 bits per heavy atom. The lowest BCUT2D eigenvalue weighted by molar-refractivity contribution is -0.0615. The summed E-state index contributed by atoms with van der Waals surface area (Å²) in [4.78, 5) is 12.0. The molecule has 1 aromatic heterocycles. The van der Waals surface area contributed by atoms with Gasteiger partial charge in [0.15, 0.2) is 0 Å². The number of nitrogens with zero attached hydrogens (tertiary/aromatic N) is 1. The fourth-order valence-electron chi connectivity index (χ4n) is 2.19. The molecule has 0 radical (unpaired) electrons. The van der Waals surface area contributed by atoms with Gasteiger partial charge in [0.1, 0.15) is 5.69 Å². The number of rotatable bonds is 2. The van der Waals surface area contributed by atoms with Crippen LogP contribution in [0.1, 0.15) is 42.7 Å². The van der Waals surface area contributed by atoms with Crippen LogP contribution in [0.15, 0.2) is 6.20 Å². The number of amides is 1. The Balaban J connectivity index is 1.98. The largest absolute Gasteiger partial charge is 0.375 e. The van der Waals surface area contributed by atoms with Gasteiger partial charge in [-0.15, -0.1) is 0 Å². The molecule has 1 atom stereocenters. The van der Waals surface area contributed by atoms with E-state index < -0.39 is 0 Å². The Morgan fingerprint density at radius 1 is 1.65 bits per heavy atom. The van der Waals surface area contributed by atoms with Crippen LogP contribution in [-0.2, 0) is 4.74 Å². The molecule has 0 aliphatic carbocycles. The molecule has 94 valence electrons. The maximum absolute atomic E-state index is 12.0. The van der Waals surface area contributed by atoms with E-state index in [0.717, 1.165) is 18.4 Å². The van der Waals surface area contributed by atoms with Crippen molar-refractivity contribution in [1.82, 2.24) is 15.5 Å². The second-order valence-corrected chi connectivity index (χ2v) is 5.20. The van der Waals surface area contributed by atoms with E-state index >= 15 is 0 Å². The highest BCUT2D eigenvalue weighted by Crippen LogP contribution is 2.24. The SMILES string of the molecule is Cc1cn[nH]c1C(=O)N[C@@H]1CCOC(C)(C)C1. The molecule has 1 saturated heterocycles. The van der Waals surface area contributed by atoms with Crippen molar-refractivity contribution < 1.29 is 9.53 Å². The summed E-state index contributed by atoms with van der Waals surface area (Å²) in [5.41, 5.74) is 1.27. The van der Waals surface area contributed by atoms with Crippen molar-refractivity contribution >= 4 is 5.91 Å². The molecule has 0 bridgehead atoms. The van der Waals surface area contributed by atoms with E-state index in [2.05, 4.69) is 15.5 Å². The highest BCUT2D eigenvalue weighted by Gasteiger charge is 2.30. The number of aryl methyl sites for hydroxylation is 1. The predicted octanol–water partition coefficient (Wildman–Crippen LogP) is 1.41. The fourth-order valence-corrected chi connectivity index (χ4v) is 2.19. The van der Waals surface area contributed by atoms with Crippen molar-refractivity contribution in [3.8, 4) is 0 Å². The minimum atomic E-state index is -0.154. The summed E-state index contributed by atoms with van der Waals surface area (Å²) >= 11 is 0. The molecule has 1 fully saturated rings. The first kappa shape index (κ1) is 12.1. The summed E-state index contributed by atoms with van der Waals surface area (Å²) in [6.07, 6.45) is 3.36. The summed E-state index contributed by atoms with van der Waals surface area (Å²) in [5, 5.41) is 9.60. The Bertz CT molecular complexity index is 412. The molecule has 1 aliphatic heterocycles. The van der Waals surface area contributed by atoms with E-state index in [9.17, 15) is 4.79 Å². The second-order valence-electron chi connectivity index (χ2n) is 5.20. The van der Waals surface area contributed by atoms with Gasteiger partial charge in [0.05, 0.1) is 11.8 Å². The van der Waals surface area contributed by atoms with E-state index in [1.54, 1.807) is 6.20 Å². The molecule has 2 N–H and O–H groups in total. The van der Waals surface area contributed by atoms with Gasteiger partial charge >= 0.3 is 0 Å². The van der Waals surface area contributed by atoms with E-state index in [4.69, 9.17) is 4.74 Å². The zero-order valence-corrected chi connectivity index (χ0v) is 10.5. The fraction of sp³-hybridized carbons (Fsp3) is 0.667. The molecule has 0 aromatic carbocycles. The lowest BCUT2D eigenvalue weighted by atomic mass is 9.94. The molecule has 2 rings (SSSR count). The summed E-state index contributed by atoms with van der Waals surface area (Å²) in [5.74, 6) is -0.0808. The number of aromatic nitrogens is 2. The van der Waals surface area contributed by atoms with Gasteiger partial charge in [-0.25, -0.2) is 0 Å². The minimum Gasteiger partial charge on any atom is -0.375 e. The zero-order valence-electron chi connectivity index (χ0n) is 10.5. The van der Waals surface area contributed by atoms with Crippen LogP contribution >= 0.6 is 0 Å². The standard InChI is InChI=1S/C12H19N3O2/c1-8-7-13-15-10(8)11(16)14-9-4-5-17-12(2,3)6-9/h7,9H,4-6H2,1-3H3,(H,13,15)(H,14,16)/t9-/m1/s1. The van der Waals surface area contributed by atoms with E-state index in [1.165, 1.54) is 0 Å². The molecule has 5 heteroatoms. The highest BCUT2D eigenvalue weighted by molar-refractivity contribution is 5.93. The van der Waals surface area contributed by atoms with Gasteiger partial charge in [-0.2, -0.15) is 5.10 Å². The molecule has 0 spiro atoms. The second kappa shape index (κ2) is 4.49. The van der Waals surface area contributed by atoms with Crippen molar-refractivity contribution in [3.63, 3.8) is 0 Å². The number of nitrogens with one attached hydrogen (secondary N) is 2. The smallest absolute Gasteiger partial charge is 0.269 e. The molecule has 1 aromatic rings. The molecule has 2 heterocycles. The van der Waals surface area contributed by atoms with Crippen molar-refractivity contribution in [3.05, 3.63) is 17.5 Å². The van der Waals surface area contributed by atoms with Gasteiger partial charge in [-0.05, 0) is 39.2 Å². The number of carbonyl (C=O) groups excluding carboxylic acids is 1. The zero-order chi connectivity index (χ0) is 12.5. The van der Waals surface area contributed by atoms with Gasteiger partial charge in [0, 0.05) is 12.6 Å². The number of hydrogen-bond donors (Lipinski definition) is 2. The summed E-state index contributed by atoms with van der Waals surface area (Å²) in [6.45, 7) is 6.66. The maximum atomic E-state index is 12.0. The Morgan fingerprint density at radius 2 is 2.41 bits per heavy atom. The van der Waals surface area contributed by atoms with Gasteiger partial charge in [-0.1, -0.05) is 0 Å². The first-order valence-corrected chi connectivity index (χ1v) is 5.93. The van der Waals surface area contributed by atoms with Crippen LogP contribution in [0.3, 0.4) is 0 Å². The molecule has 0 saturated carbocycles. The predicted molar refractivity (Wildman–Crippen MR) is 63.8 cm³/mol. The highest BCUT2D eigenvalue weighted by atomic mass is 16.5. The van der Waals surface area contributed by atoms with Gasteiger partial charge < -0.3 is 10.1 Å². The average molecular weight is 237 g/mol. The average Bonchev–Trinajstić information content (AvgIpc) is 2.62. The van der Waals surface area contributed by atoms with Crippen molar-refractivity contribution in [1.29, 1.82) is 0 Å². The van der Waals surface area contributed by atoms with Crippen LogP contribution in [0.25, 0.3) is 0 Å². The molecule has 1 aliphatic rings. The molecule has 17 heavy (non-hydrogen) atoms. The van der Waals surface area contributed by atoms with E-state index in [1.807, 2.05) is 20.8 Å². The third-order valence-corrected chi connectivity index (χ3v) is 3.09. The first-order chi connectivity index (χ1) is 7.98. The van der Waals surface area contributed by atoms with Crippen LogP contribution in [0, 0.1) is 6.92 Å². The van der Waals surface area contributed by atoms with Crippen LogP contribution in [-0.4, -0.2) is 34.4 Å². The quantitative estimate of drug-likeness (QED) is 0.817. The first-order valence-electron chi connectivity index (χ1n) is 5.93. The van der Waals surface area contributed by atoms with Crippen LogP contribution < -0.4 is 5.32 Å². The monoisotopic (exact) mass is 237 g/mol. The van der Waals surface area contributed by atoms with Crippen molar-refractivity contribution in [2.24, 2.45) is 0 Å². The number of aromatic amines is 1. The van der Waals surface area contributed by atoms with Crippen LogP contribution in [0.4, 0.5) is 0 Å². The summed E-state index contributed by atoms with van der Waals surface area (Å²) < 4.78 is 5.62. The number of hydrogen-bond acceptors (Lipinski definition) is 3. The number of carbonyl (C=O) groups is 1. The van der Waals surface area contributed by atoms with Crippen LogP contribution in [0.5, 0.6) is 0 Å². The minimum absolute atomic E-state index is 0.0808. The van der Waals surface area contributed by atoms with Gasteiger partial charge in [0.25, 0.3) is 5.91 Å². The Kier molecular flexibility index (Phi) is 3.19. The molecule has 0 unspecified atom stereocenters. The molecule has 1 amide bonds. The van der Waals surface area contributed by atoms with Crippen molar-refractivity contribution in [2.45, 2.75) is 45.3 Å².